The molecule has 1 aliphatic heterocycles. The number of halogens is 2. The van der Waals surface area contributed by atoms with Crippen LogP contribution in [0.5, 0.6) is 0 Å². The minimum atomic E-state index is -1.42. The lowest BCUT2D eigenvalue weighted by molar-refractivity contribution is -0.164. The quantitative estimate of drug-likeness (QED) is 0.194. The molecule has 1 amide bonds. The molecule has 2 aliphatic carbocycles. The van der Waals surface area contributed by atoms with Crippen molar-refractivity contribution in [1.29, 1.82) is 0 Å². The molecule has 1 saturated heterocycles. The molecule has 2 saturated carbocycles. The van der Waals surface area contributed by atoms with E-state index in [4.69, 9.17) is 28.0 Å². The number of morpholine rings is 1. The summed E-state index contributed by atoms with van der Waals surface area (Å²) in [4.78, 5) is 16.0. The zero-order valence-electron chi connectivity index (χ0n) is 21.8. The smallest absolute Gasteiger partial charge is 0.253 e. The summed E-state index contributed by atoms with van der Waals surface area (Å²) in [6.07, 6.45) is 2.79. The Morgan fingerprint density at radius 1 is 1.21 bits per heavy atom. The zero-order valence-corrected chi connectivity index (χ0v) is 23.4. The van der Waals surface area contributed by atoms with Crippen LogP contribution in [0.15, 0.2) is 53.6 Å². The van der Waals surface area contributed by atoms with Crippen LogP contribution in [0.25, 0.3) is 0 Å². The number of nitrogens with two attached hydrogens (primary N) is 2. The Labute approximate surface area is 235 Å². The number of carbonyl (C=O) groups is 1. The lowest BCUT2D eigenvalue weighted by atomic mass is 9.97. The molecule has 4 N–H and O–H groups in total. The number of rotatable bonds is 10. The summed E-state index contributed by atoms with van der Waals surface area (Å²) in [5, 5.41) is 5.58. The van der Waals surface area contributed by atoms with E-state index in [-0.39, 0.29) is 48.4 Å². The first-order valence-electron chi connectivity index (χ1n) is 13.2. The number of amides is 1. The molecule has 39 heavy (non-hydrogen) atoms. The first-order chi connectivity index (χ1) is 18.8. The van der Waals surface area contributed by atoms with Crippen LogP contribution in [0.2, 0.25) is 5.02 Å². The van der Waals surface area contributed by atoms with Crippen molar-refractivity contribution in [3.8, 4) is 0 Å². The van der Waals surface area contributed by atoms with Gasteiger partial charge in [0.05, 0.1) is 36.2 Å². The van der Waals surface area contributed by atoms with Gasteiger partial charge in [0.15, 0.2) is 0 Å². The molecule has 9 nitrogen and oxygen atoms in total. The van der Waals surface area contributed by atoms with E-state index in [0.717, 1.165) is 31.2 Å². The summed E-state index contributed by atoms with van der Waals surface area (Å²) >= 11 is 6.16. The van der Waals surface area contributed by atoms with Gasteiger partial charge in [-0.15, -0.1) is 0 Å². The molecule has 210 valence electrons. The normalized spacial score (nSPS) is 23.4. The maximum atomic E-state index is 15.0. The Hall–Kier alpha value is -2.73. The van der Waals surface area contributed by atoms with E-state index >= 15 is 4.39 Å². The number of amidine groups is 1. The van der Waals surface area contributed by atoms with Gasteiger partial charge in [0.1, 0.15) is 28.7 Å². The van der Waals surface area contributed by atoms with Crippen LogP contribution in [-0.2, 0) is 20.5 Å². The molecule has 0 aromatic heterocycles. The zero-order chi connectivity index (χ0) is 27.7. The summed E-state index contributed by atoms with van der Waals surface area (Å²) in [6, 6.07) is 13.0. The number of ether oxygens (including phenoxy) is 1. The van der Waals surface area contributed by atoms with E-state index in [9.17, 15) is 9.00 Å². The highest BCUT2D eigenvalue weighted by Crippen LogP contribution is 2.43. The molecule has 0 spiro atoms. The van der Waals surface area contributed by atoms with E-state index in [2.05, 4.69) is 5.10 Å². The predicted octanol–water partition coefficient (Wildman–Crippen LogP) is 3.33. The Morgan fingerprint density at radius 2 is 1.90 bits per heavy atom. The van der Waals surface area contributed by atoms with Gasteiger partial charge in [-0.05, 0) is 61.4 Å². The van der Waals surface area contributed by atoms with Crippen molar-refractivity contribution in [3.63, 3.8) is 0 Å². The van der Waals surface area contributed by atoms with Crippen LogP contribution in [0.1, 0.15) is 43.7 Å². The fourth-order valence-corrected chi connectivity index (χ4v) is 6.77. The number of carbonyl (C=O) groups excluding carboxylic acids is 1. The van der Waals surface area contributed by atoms with Gasteiger partial charge in [0, 0.05) is 18.5 Å². The number of hydrazone groups is 1. The third-order valence-corrected chi connectivity index (χ3v) is 9.60. The summed E-state index contributed by atoms with van der Waals surface area (Å²) in [5.41, 5.74) is 1.16. The predicted molar refractivity (Wildman–Crippen MR) is 150 cm³/mol. The van der Waals surface area contributed by atoms with Crippen LogP contribution < -0.4 is 16.0 Å². The monoisotopic (exact) mass is 576 g/mol. The molecule has 0 radical (unpaired) electrons. The minimum absolute atomic E-state index is 0.00641. The van der Waals surface area contributed by atoms with Crippen molar-refractivity contribution in [2.75, 3.05) is 24.5 Å². The summed E-state index contributed by atoms with van der Waals surface area (Å²) in [7, 11) is 0.176. The van der Waals surface area contributed by atoms with E-state index in [1.807, 2.05) is 17.0 Å². The van der Waals surface area contributed by atoms with Crippen LogP contribution >= 0.6 is 11.6 Å². The second-order valence-electron chi connectivity index (χ2n) is 10.4. The van der Waals surface area contributed by atoms with Crippen molar-refractivity contribution >= 4 is 40.0 Å². The highest BCUT2D eigenvalue weighted by Gasteiger charge is 2.48. The second kappa shape index (κ2) is 11.8. The molecule has 3 aliphatic rings. The number of nitrogens with zero attached hydrogens (tertiary/aromatic N) is 4. The van der Waals surface area contributed by atoms with Crippen molar-refractivity contribution in [3.05, 3.63) is 64.9 Å². The molecule has 3 fully saturated rings. The van der Waals surface area contributed by atoms with Crippen molar-refractivity contribution in [1.82, 2.24) is 9.91 Å². The van der Waals surface area contributed by atoms with Gasteiger partial charge >= 0.3 is 0 Å². The Morgan fingerprint density at radius 3 is 2.49 bits per heavy atom. The summed E-state index contributed by atoms with van der Waals surface area (Å²) in [5.74, 6) is 11.2. The molecule has 12 heteroatoms. The third-order valence-electron chi connectivity index (χ3n) is 7.52. The van der Waals surface area contributed by atoms with E-state index in [1.54, 1.807) is 41.7 Å². The molecule has 4 unspecified atom stereocenters. The lowest BCUT2D eigenvalue weighted by Gasteiger charge is -2.45. The number of para-hydroxylation sites is 1. The minimum Gasteiger partial charge on any atom is -0.365 e. The SMILES string of the molecule is CN(N)/C(CC1OCC(c2ccc(Cl)cc2)N(C(CN(c2ccccc2F)S(=O)C2CC2)C2CC2)C1=O)=N\N. The molecular weight excluding hydrogens is 543 g/mol. The van der Waals surface area contributed by atoms with Crippen molar-refractivity contribution in [2.24, 2.45) is 22.7 Å². The molecular formula is C27H34ClFN6O3S. The molecule has 0 bridgehead atoms. The molecule has 5 rings (SSSR count). The van der Waals surface area contributed by atoms with Gasteiger partial charge in [-0.2, -0.15) is 5.10 Å². The highest BCUT2D eigenvalue weighted by atomic mass is 35.5. The first kappa shape index (κ1) is 27.8. The summed E-state index contributed by atoms with van der Waals surface area (Å²) < 4.78 is 36.4. The Kier molecular flexibility index (Phi) is 8.41. The number of hydrogen-bond donors (Lipinski definition) is 2. The maximum Gasteiger partial charge on any atom is 0.253 e. The molecule has 1 heterocycles. The molecule has 2 aromatic rings. The van der Waals surface area contributed by atoms with E-state index in [0.29, 0.717) is 10.9 Å². The van der Waals surface area contributed by atoms with Crippen molar-refractivity contribution < 1.29 is 18.1 Å². The van der Waals surface area contributed by atoms with E-state index < -0.39 is 28.9 Å². The highest BCUT2D eigenvalue weighted by molar-refractivity contribution is 7.87. The topological polar surface area (TPSA) is 117 Å². The number of anilines is 1. The first-order valence-corrected chi connectivity index (χ1v) is 14.7. The van der Waals surface area contributed by atoms with Crippen LogP contribution in [0.4, 0.5) is 10.1 Å². The van der Waals surface area contributed by atoms with Crippen LogP contribution in [0.3, 0.4) is 0 Å². The van der Waals surface area contributed by atoms with Crippen LogP contribution in [0, 0.1) is 11.7 Å². The van der Waals surface area contributed by atoms with Gasteiger partial charge in [-0.25, -0.2) is 14.4 Å². The van der Waals surface area contributed by atoms with Gasteiger partial charge in [-0.1, -0.05) is 35.9 Å². The van der Waals surface area contributed by atoms with Gasteiger partial charge < -0.3 is 15.5 Å². The average Bonchev–Trinajstić information content (AvgIpc) is 3.83. The standard InChI is InChI=1S/C27H34ClFN6O3S/c1-33(31)26(32-30)14-25-27(36)35(24(16-38-25)18-8-10-19(28)11-9-18)23(17-6-7-17)15-34(39(37)20-12-13-20)22-5-3-2-4-21(22)29/h2-5,8-11,17,20,23-25H,6-7,12-16,30-31H2,1H3/b32-26-. The maximum absolute atomic E-state index is 15.0. The fourth-order valence-electron chi connectivity index (χ4n) is 5.10. The fraction of sp³-hybridized carbons (Fsp3) is 0.481. The number of hydrazine groups is 1. The van der Waals surface area contributed by atoms with Crippen LogP contribution in [-0.4, -0.2) is 63.5 Å². The lowest BCUT2D eigenvalue weighted by Crippen LogP contribution is -2.58. The van der Waals surface area contributed by atoms with Gasteiger partial charge in [-0.3, -0.25) is 14.1 Å². The summed E-state index contributed by atoms with van der Waals surface area (Å²) in [6.45, 7) is 0.477. The van der Waals surface area contributed by atoms with Gasteiger partial charge in [0.25, 0.3) is 5.91 Å². The van der Waals surface area contributed by atoms with Gasteiger partial charge in [0.2, 0.25) is 0 Å². The molecule has 4 atom stereocenters. The Bertz CT molecular complexity index is 1240. The molecule has 2 aromatic carbocycles. The average molecular weight is 577 g/mol. The number of hydrogen-bond acceptors (Lipinski definition) is 6. The van der Waals surface area contributed by atoms with Crippen molar-refractivity contribution in [2.45, 2.75) is 55.5 Å². The Balaban J connectivity index is 1.52. The van der Waals surface area contributed by atoms with E-state index in [1.165, 1.54) is 11.1 Å². The largest absolute Gasteiger partial charge is 0.365 e. The second-order valence-corrected chi connectivity index (χ2v) is 12.5. The number of benzene rings is 2. The third kappa shape index (κ3) is 6.21.